The minimum Gasteiger partial charge on any atom is -0.399 e. The van der Waals surface area contributed by atoms with Crippen molar-refractivity contribution >= 4 is 23.2 Å². The summed E-state index contributed by atoms with van der Waals surface area (Å²) in [6, 6.07) is 4.20. The average Bonchev–Trinajstić information content (AvgIpc) is 2.27. The molecule has 0 saturated carbocycles. The van der Waals surface area contributed by atoms with E-state index < -0.39 is 25.5 Å². The number of hydrogen-bond donors (Lipinski definition) is 2. The third-order valence-corrected chi connectivity index (χ3v) is 2.55. The second kappa shape index (κ2) is 6.51. The SMILES string of the molecule is Nc1ccc(C(=O)N(CCO)CC(F)F)c(Cl)c1. The third-order valence-electron chi connectivity index (χ3n) is 2.24. The minimum absolute atomic E-state index is 0.0833. The van der Waals surface area contributed by atoms with E-state index in [-0.39, 0.29) is 17.1 Å². The maximum atomic E-state index is 12.3. The van der Waals surface area contributed by atoms with Gasteiger partial charge in [0.25, 0.3) is 12.3 Å². The number of anilines is 1. The van der Waals surface area contributed by atoms with E-state index in [2.05, 4.69) is 0 Å². The Morgan fingerprint density at radius 1 is 1.50 bits per heavy atom. The van der Waals surface area contributed by atoms with Crippen LogP contribution in [0.15, 0.2) is 18.2 Å². The molecule has 100 valence electrons. The molecule has 1 rings (SSSR count). The lowest BCUT2D eigenvalue weighted by atomic mass is 10.1. The zero-order valence-electron chi connectivity index (χ0n) is 9.44. The van der Waals surface area contributed by atoms with Gasteiger partial charge in [0.05, 0.1) is 23.7 Å². The Morgan fingerprint density at radius 3 is 2.67 bits per heavy atom. The number of hydrogen-bond acceptors (Lipinski definition) is 3. The zero-order chi connectivity index (χ0) is 13.7. The van der Waals surface area contributed by atoms with E-state index in [0.29, 0.717) is 5.69 Å². The fraction of sp³-hybridized carbons (Fsp3) is 0.364. The Bertz CT molecular complexity index is 430. The van der Waals surface area contributed by atoms with E-state index >= 15 is 0 Å². The molecule has 0 atom stereocenters. The van der Waals surface area contributed by atoms with Crippen molar-refractivity contribution < 1.29 is 18.7 Å². The number of nitrogen functional groups attached to an aromatic ring is 1. The molecule has 0 heterocycles. The van der Waals surface area contributed by atoms with Gasteiger partial charge in [0.2, 0.25) is 0 Å². The van der Waals surface area contributed by atoms with Gasteiger partial charge in [-0.2, -0.15) is 0 Å². The molecule has 0 spiro atoms. The van der Waals surface area contributed by atoms with Crippen molar-refractivity contribution in [2.45, 2.75) is 6.43 Å². The predicted octanol–water partition coefficient (Wildman–Crippen LogP) is 1.62. The number of aliphatic hydroxyl groups is 1. The maximum absolute atomic E-state index is 12.3. The fourth-order valence-corrected chi connectivity index (χ4v) is 1.71. The topological polar surface area (TPSA) is 66.6 Å². The number of aliphatic hydroxyl groups excluding tert-OH is 1. The molecule has 0 bridgehead atoms. The molecule has 0 radical (unpaired) electrons. The third kappa shape index (κ3) is 3.82. The summed E-state index contributed by atoms with van der Waals surface area (Å²) in [7, 11) is 0. The van der Waals surface area contributed by atoms with Crippen molar-refractivity contribution in [1.82, 2.24) is 4.90 Å². The first-order valence-electron chi connectivity index (χ1n) is 5.19. The van der Waals surface area contributed by atoms with Gasteiger partial charge in [-0.3, -0.25) is 4.79 Å². The molecular formula is C11H13ClF2N2O2. The standard InChI is InChI=1S/C11H13ClF2N2O2/c12-9-5-7(15)1-2-8(9)11(18)16(3-4-17)6-10(13)14/h1-2,5,10,17H,3-4,6,15H2. The molecular weight excluding hydrogens is 266 g/mol. The number of halogens is 3. The molecule has 0 fully saturated rings. The summed E-state index contributed by atoms with van der Waals surface area (Å²) in [6.45, 7) is -1.32. The molecule has 1 amide bonds. The molecule has 18 heavy (non-hydrogen) atoms. The quantitative estimate of drug-likeness (QED) is 0.805. The van der Waals surface area contributed by atoms with E-state index in [4.69, 9.17) is 22.4 Å². The summed E-state index contributed by atoms with van der Waals surface area (Å²) < 4.78 is 24.6. The van der Waals surface area contributed by atoms with Crippen LogP contribution in [0.25, 0.3) is 0 Å². The number of nitrogens with two attached hydrogens (primary N) is 1. The highest BCUT2D eigenvalue weighted by Gasteiger charge is 2.21. The first kappa shape index (κ1) is 14.7. The number of rotatable bonds is 5. The lowest BCUT2D eigenvalue weighted by molar-refractivity contribution is 0.0509. The smallest absolute Gasteiger partial charge is 0.255 e. The highest BCUT2D eigenvalue weighted by molar-refractivity contribution is 6.34. The van der Waals surface area contributed by atoms with Crippen LogP contribution < -0.4 is 5.73 Å². The zero-order valence-corrected chi connectivity index (χ0v) is 10.2. The van der Waals surface area contributed by atoms with Crippen LogP contribution in [0, 0.1) is 0 Å². The summed E-state index contributed by atoms with van der Waals surface area (Å²) in [6.07, 6.45) is -2.67. The van der Waals surface area contributed by atoms with Gasteiger partial charge in [-0.1, -0.05) is 11.6 Å². The number of amides is 1. The lowest BCUT2D eigenvalue weighted by Gasteiger charge is -2.21. The van der Waals surface area contributed by atoms with Gasteiger partial charge in [0.15, 0.2) is 0 Å². The van der Waals surface area contributed by atoms with Gasteiger partial charge in [0.1, 0.15) is 0 Å². The van der Waals surface area contributed by atoms with Crippen LogP contribution in [0.5, 0.6) is 0 Å². The summed E-state index contributed by atoms with van der Waals surface area (Å²) in [5.41, 5.74) is 5.93. The van der Waals surface area contributed by atoms with Gasteiger partial charge in [-0.15, -0.1) is 0 Å². The molecule has 1 aromatic rings. The van der Waals surface area contributed by atoms with Crippen LogP contribution in [0.2, 0.25) is 5.02 Å². The van der Waals surface area contributed by atoms with Crippen LogP contribution in [0.3, 0.4) is 0 Å². The first-order valence-corrected chi connectivity index (χ1v) is 5.56. The fourth-order valence-electron chi connectivity index (χ4n) is 1.44. The second-order valence-electron chi connectivity index (χ2n) is 3.61. The Kier molecular flexibility index (Phi) is 5.30. The summed E-state index contributed by atoms with van der Waals surface area (Å²) in [5, 5.41) is 8.86. The Hall–Kier alpha value is -1.40. The molecule has 0 saturated heterocycles. The highest BCUT2D eigenvalue weighted by Crippen LogP contribution is 2.21. The molecule has 0 aliphatic rings. The van der Waals surface area contributed by atoms with E-state index in [0.717, 1.165) is 4.90 Å². The minimum atomic E-state index is -2.67. The summed E-state index contributed by atoms with van der Waals surface area (Å²) in [5.74, 6) is -0.658. The van der Waals surface area contributed by atoms with Crippen molar-refractivity contribution in [3.8, 4) is 0 Å². The molecule has 0 aliphatic heterocycles. The predicted molar refractivity (Wildman–Crippen MR) is 64.9 cm³/mol. The van der Waals surface area contributed by atoms with Crippen LogP contribution in [0.1, 0.15) is 10.4 Å². The number of alkyl halides is 2. The van der Waals surface area contributed by atoms with E-state index in [9.17, 15) is 13.6 Å². The van der Waals surface area contributed by atoms with Crippen molar-refractivity contribution in [1.29, 1.82) is 0 Å². The van der Waals surface area contributed by atoms with Crippen LogP contribution in [-0.4, -0.2) is 42.0 Å². The molecule has 0 aromatic heterocycles. The molecule has 0 unspecified atom stereocenters. The van der Waals surface area contributed by atoms with E-state index in [1.54, 1.807) is 0 Å². The van der Waals surface area contributed by atoms with Crippen molar-refractivity contribution in [2.75, 3.05) is 25.4 Å². The van der Waals surface area contributed by atoms with Crippen LogP contribution in [-0.2, 0) is 0 Å². The highest BCUT2D eigenvalue weighted by atomic mass is 35.5. The largest absolute Gasteiger partial charge is 0.399 e. The van der Waals surface area contributed by atoms with Crippen LogP contribution in [0.4, 0.5) is 14.5 Å². The monoisotopic (exact) mass is 278 g/mol. The molecule has 0 aliphatic carbocycles. The van der Waals surface area contributed by atoms with Gasteiger partial charge in [-0.25, -0.2) is 8.78 Å². The van der Waals surface area contributed by atoms with Gasteiger partial charge in [-0.05, 0) is 18.2 Å². The number of carbonyl (C=O) groups excluding carboxylic acids is 1. The molecule has 1 aromatic carbocycles. The number of carbonyl (C=O) groups is 1. The Morgan fingerprint density at radius 2 is 2.17 bits per heavy atom. The number of nitrogens with zero attached hydrogens (tertiary/aromatic N) is 1. The lowest BCUT2D eigenvalue weighted by Crippen LogP contribution is -2.37. The first-order chi connectivity index (χ1) is 8.45. The molecule has 7 heteroatoms. The van der Waals surface area contributed by atoms with E-state index in [1.165, 1.54) is 18.2 Å². The van der Waals surface area contributed by atoms with Gasteiger partial charge in [0, 0.05) is 12.2 Å². The van der Waals surface area contributed by atoms with Crippen molar-refractivity contribution in [3.63, 3.8) is 0 Å². The van der Waals surface area contributed by atoms with Gasteiger partial charge >= 0.3 is 0 Å². The van der Waals surface area contributed by atoms with Crippen molar-refractivity contribution in [3.05, 3.63) is 28.8 Å². The second-order valence-corrected chi connectivity index (χ2v) is 4.01. The van der Waals surface area contributed by atoms with Gasteiger partial charge < -0.3 is 15.7 Å². The van der Waals surface area contributed by atoms with Crippen LogP contribution >= 0.6 is 11.6 Å². The average molecular weight is 279 g/mol. The Labute approximate surface area is 108 Å². The maximum Gasteiger partial charge on any atom is 0.255 e. The normalized spacial score (nSPS) is 10.7. The van der Waals surface area contributed by atoms with E-state index in [1.807, 2.05) is 0 Å². The Balaban J connectivity index is 2.94. The summed E-state index contributed by atoms with van der Waals surface area (Å²) >= 11 is 5.83. The molecule has 4 nitrogen and oxygen atoms in total. The van der Waals surface area contributed by atoms with Crippen molar-refractivity contribution in [2.24, 2.45) is 0 Å². The number of benzene rings is 1. The molecule has 3 N–H and O–H groups in total. The summed E-state index contributed by atoms with van der Waals surface area (Å²) in [4.78, 5) is 12.8.